The Balaban J connectivity index is 1.66. The van der Waals surface area contributed by atoms with Gasteiger partial charge in [-0.3, -0.25) is 9.78 Å². The molecule has 0 radical (unpaired) electrons. The van der Waals surface area contributed by atoms with Crippen LogP contribution in [0.2, 0.25) is 0 Å². The lowest BCUT2D eigenvalue weighted by atomic mass is 10.0. The van der Waals surface area contributed by atoms with Gasteiger partial charge in [0.1, 0.15) is 12.4 Å². The van der Waals surface area contributed by atoms with Crippen molar-refractivity contribution in [1.29, 1.82) is 0 Å². The zero-order valence-corrected chi connectivity index (χ0v) is 17.0. The van der Waals surface area contributed by atoms with Crippen molar-refractivity contribution in [2.24, 2.45) is 0 Å². The highest BCUT2D eigenvalue weighted by Crippen LogP contribution is 2.28. The molecule has 0 saturated heterocycles. The summed E-state index contributed by atoms with van der Waals surface area (Å²) in [6.07, 6.45) is 2.34. The minimum absolute atomic E-state index is 0.164. The number of carbonyl (C=O) groups is 1. The van der Waals surface area contributed by atoms with Crippen molar-refractivity contribution in [1.82, 2.24) is 15.0 Å². The van der Waals surface area contributed by atoms with Crippen LogP contribution in [0.15, 0.2) is 79.0 Å². The van der Waals surface area contributed by atoms with Gasteiger partial charge in [-0.1, -0.05) is 24.3 Å². The molecule has 0 amide bonds. The highest BCUT2D eigenvalue weighted by molar-refractivity contribution is 5.83. The number of carbonyl (C=O) groups excluding carboxylic acids is 1. The highest BCUT2D eigenvalue weighted by atomic mass is 19.1. The Morgan fingerprint density at radius 1 is 0.875 bits per heavy atom. The Hall–Kier alpha value is -4.19. The predicted octanol–water partition coefficient (Wildman–Crippen LogP) is 5.25. The number of hydrogen-bond donors (Lipinski definition) is 0. The van der Waals surface area contributed by atoms with E-state index in [1.54, 1.807) is 18.3 Å². The number of nitrogens with zero attached hydrogens (tertiary/aromatic N) is 3. The Kier molecular flexibility index (Phi) is 5.25. The molecule has 2 heterocycles. The first-order chi connectivity index (χ1) is 15.7. The van der Waals surface area contributed by atoms with Crippen molar-refractivity contribution < 1.29 is 13.9 Å². The Bertz CT molecular complexity index is 1430. The number of rotatable bonds is 6. The van der Waals surface area contributed by atoms with Gasteiger partial charge in [-0.25, -0.2) is 14.4 Å². The van der Waals surface area contributed by atoms with E-state index in [1.165, 1.54) is 12.1 Å². The first-order valence-electron chi connectivity index (χ1n) is 10.1. The van der Waals surface area contributed by atoms with Crippen molar-refractivity contribution in [3.05, 3.63) is 102 Å². The number of fused-ring (bicyclic) bond motifs is 2. The maximum Gasteiger partial charge on any atom is 0.293 e. The molecular formula is C26H18FN3O2. The number of benzene rings is 3. The van der Waals surface area contributed by atoms with Crippen molar-refractivity contribution in [2.75, 3.05) is 0 Å². The van der Waals surface area contributed by atoms with E-state index in [4.69, 9.17) is 14.7 Å². The minimum Gasteiger partial charge on any atom is -0.463 e. The molecule has 6 heteroatoms. The Labute approximate surface area is 183 Å². The van der Waals surface area contributed by atoms with Crippen LogP contribution in [0.1, 0.15) is 16.8 Å². The van der Waals surface area contributed by atoms with Crippen LogP contribution in [0.4, 0.5) is 4.39 Å². The van der Waals surface area contributed by atoms with E-state index in [1.807, 2.05) is 48.5 Å². The third-order valence-corrected chi connectivity index (χ3v) is 5.33. The molecule has 0 N–H and O–H groups in total. The Morgan fingerprint density at radius 3 is 2.56 bits per heavy atom. The third kappa shape index (κ3) is 3.90. The molecule has 0 bridgehead atoms. The second kappa shape index (κ2) is 8.51. The van der Waals surface area contributed by atoms with Gasteiger partial charge in [0.15, 0.2) is 0 Å². The molecule has 0 saturated carbocycles. The van der Waals surface area contributed by atoms with Gasteiger partial charge in [-0.2, -0.15) is 0 Å². The molecule has 0 atom stereocenters. The summed E-state index contributed by atoms with van der Waals surface area (Å²) >= 11 is 0. The normalized spacial score (nSPS) is 11.0. The molecule has 0 unspecified atom stereocenters. The van der Waals surface area contributed by atoms with Gasteiger partial charge in [-0.05, 0) is 59.7 Å². The molecule has 0 aliphatic rings. The Morgan fingerprint density at radius 2 is 1.72 bits per heavy atom. The van der Waals surface area contributed by atoms with E-state index >= 15 is 0 Å². The lowest BCUT2D eigenvalue weighted by Gasteiger charge is -2.12. The predicted molar refractivity (Wildman–Crippen MR) is 120 cm³/mol. The largest absolute Gasteiger partial charge is 0.463 e. The zero-order valence-electron chi connectivity index (χ0n) is 17.0. The maximum absolute atomic E-state index is 13.6. The van der Waals surface area contributed by atoms with Gasteiger partial charge < -0.3 is 4.74 Å². The second-order valence-corrected chi connectivity index (χ2v) is 7.42. The van der Waals surface area contributed by atoms with Crippen molar-refractivity contribution in [3.8, 4) is 11.3 Å². The fraction of sp³-hybridized carbons (Fsp3) is 0.0769. The van der Waals surface area contributed by atoms with Crippen LogP contribution < -0.4 is 0 Å². The monoisotopic (exact) mass is 423 g/mol. The SMILES string of the molecule is O=COCc1ccc2nc(Cc3ccnc4ccccc34)c(-c3ccc(F)cc3)nc2c1. The molecule has 156 valence electrons. The molecule has 0 aliphatic carbocycles. The molecule has 0 fully saturated rings. The second-order valence-electron chi connectivity index (χ2n) is 7.42. The molecule has 5 rings (SSSR count). The summed E-state index contributed by atoms with van der Waals surface area (Å²) in [4.78, 5) is 24.8. The molecule has 0 spiro atoms. The summed E-state index contributed by atoms with van der Waals surface area (Å²) in [6, 6.07) is 21.8. The molecule has 32 heavy (non-hydrogen) atoms. The van der Waals surface area contributed by atoms with Crippen molar-refractivity contribution >= 4 is 28.4 Å². The summed E-state index contributed by atoms with van der Waals surface area (Å²) in [7, 11) is 0. The van der Waals surface area contributed by atoms with Crippen LogP contribution in [0.5, 0.6) is 0 Å². The fourth-order valence-corrected chi connectivity index (χ4v) is 3.81. The van der Waals surface area contributed by atoms with Gasteiger partial charge in [-0.15, -0.1) is 0 Å². The maximum atomic E-state index is 13.6. The van der Waals surface area contributed by atoms with Gasteiger partial charge in [0.2, 0.25) is 0 Å². The standard InChI is InChI=1S/C26H18FN3O2/c27-20-8-6-18(7-9-20)26-25(14-19-11-12-28-22-4-2-1-3-21(19)22)29-23-10-5-17(15-32-16-31)13-24(23)30-26/h1-13,16H,14-15H2. The van der Waals surface area contributed by atoms with Crippen LogP contribution >= 0.6 is 0 Å². The van der Waals surface area contributed by atoms with Gasteiger partial charge >= 0.3 is 0 Å². The van der Waals surface area contributed by atoms with E-state index in [2.05, 4.69) is 4.98 Å². The third-order valence-electron chi connectivity index (χ3n) is 5.33. The van der Waals surface area contributed by atoms with Crippen molar-refractivity contribution in [3.63, 3.8) is 0 Å². The molecule has 5 aromatic rings. The van der Waals surface area contributed by atoms with Crippen LogP contribution in [0, 0.1) is 5.82 Å². The molecular weight excluding hydrogens is 405 g/mol. The van der Waals surface area contributed by atoms with Gasteiger partial charge in [0.25, 0.3) is 6.47 Å². The minimum atomic E-state index is -0.308. The number of para-hydroxylation sites is 1. The van der Waals surface area contributed by atoms with Gasteiger partial charge in [0.05, 0.1) is 27.9 Å². The average Bonchev–Trinajstić information content (AvgIpc) is 2.83. The molecule has 3 aromatic carbocycles. The van der Waals surface area contributed by atoms with E-state index < -0.39 is 0 Å². The summed E-state index contributed by atoms with van der Waals surface area (Å²) < 4.78 is 18.4. The van der Waals surface area contributed by atoms with E-state index in [-0.39, 0.29) is 12.4 Å². The first-order valence-corrected chi connectivity index (χ1v) is 10.1. The highest BCUT2D eigenvalue weighted by Gasteiger charge is 2.14. The van der Waals surface area contributed by atoms with Crippen LogP contribution in [0.25, 0.3) is 33.2 Å². The number of aromatic nitrogens is 3. The lowest BCUT2D eigenvalue weighted by Crippen LogP contribution is -2.02. The van der Waals surface area contributed by atoms with Crippen LogP contribution in [-0.4, -0.2) is 21.4 Å². The average molecular weight is 423 g/mol. The number of hydrogen-bond acceptors (Lipinski definition) is 5. The summed E-state index contributed by atoms with van der Waals surface area (Å²) in [5.74, 6) is -0.308. The topological polar surface area (TPSA) is 65.0 Å². The summed E-state index contributed by atoms with van der Waals surface area (Å²) in [5.41, 5.74) is 6.49. The van der Waals surface area contributed by atoms with E-state index in [0.717, 1.165) is 38.8 Å². The number of halogens is 1. The van der Waals surface area contributed by atoms with E-state index in [9.17, 15) is 9.18 Å². The summed E-state index contributed by atoms with van der Waals surface area (Å²) in [6.45, 7) is 0.583. The quantitative estimate of drug-likeness (QED) is 0.349. The first kappa shape index (κ1) is 19.8. The molecule has 2 aromatic heterocycles. The summed E-state index contributed by atoms with van der Waals surface area (Å²) in [5, 5.41) is 1.06. The fourth-order valence-electron chi connectivity index (χ4n) is 3.81. The molecule has 5 nitrogen and oxygen atoms in total. The van der Waals surface area contributed by atoms with E-state index in [0.29, 0.717) is 24.1 Å². The lowest BCUT2D eigenvalue weighted by molar-refractivity contribution is -0.129. The van der Waals surface area contributed by atoms with Gasteiger partial charge in [0, 0.05) is 23.6 Å². The molecule has 0 aliphatic heterocycles. The van der Waals surface area contributed by atoms with Crippen LogP contribution in [-0.2, 0) is 22.6 Å². The van der Waals surface area contributed by atoms with Crippen molar-refractivity contribution in [2.45, 2.75) is 13.0 Å². The number of pyridine rings is 1. The number of ether oxygens (including phenoxy) is 1. The zero-order chi connectivity index (χ0) is 21.9. The smallest absolute Gasteiger partial charge is 0.293 e. The van der Waals surface area contributed by atoms with Crippen LogP contribution in [0.3, 0.4) is 0 Å².